The average Bonchev–Trinajstić information content (AvgIpc) is 2.95. The van der Waals surface area contributed by atoms with Crippen LogP contribution in [0.15, 0.2) is 41.5 Å². The average molecular weight is 275 g/mol. The minimum atomic E-state index is -0.232. The normalized spacial score (nSPS) is 15.9. The van der Waals surface area contributed by atoms with Gasteiger partial charge in [0.2, 0.25) is 5.65 Å². The topological polar surface area (TPSA) is 76.2 Å². The number of benzene rings is 1. The summed E-state index contributed by atoms with van der Waals surface area (Å²) in [6.07, 6.45) is 3.38. The summed E-state index contributed by atoms with van der Waals surface area (Å²) in [6.45, 7) is 0. The molecule has 0 bridgehead atoms. The first-order chi connectivity index (χ1) is 8.77. The molecule has 1 atom stereocenters. The molecule has 1 aliphatic rings. The van der Waals surface area contributed by atoms with E-state index >= 15 is 0 Å². The number of rotatable bonds is 0. The molecule has 96 valence electrons. The predicted molar refractivity (Wildman–Crippen MR) is 74.5 cm³/mol. The molecular formula is C13H11ClN4O. The van der Waals surface area contributed by atoms with Crippen LogP contribution < -0.4 is 11.3 Å². The first kappa shape index (κ1) is 12.0. The van der Waals surface area contributed by atoms with Crippen molar-refractivity contribution in [3.8, 4) is 11.3 Å². The Kier molecular flexibility index (Phi) is 2.48. The van der Waals surface area contributed by atoms with E-state index in [2.05, 4.69) is 9.97 Å². The maximum Gasteiger partial charge on any atom is 0.292 e. The highest BCUT2D eigenvalue weighted by atomic mass is 35.5. The molecule has 2 aromatic heterocycles. The zero-order valence-electron chi connectivity index (χ0n) is 9.83. The Morgan fingerprint density at radius 1 is 1.32 bits per heavy atom. The van der Waals surface area contributed by atoms with E-state index in [1.165, 1.54) is 0 Å². The number of halogens is 1. The van der Waals surface area contributed by atoms with Gasteiger partial charge in [-0.2, -0.15) is 0 Å². The highest BCUT2D eigenvalue weighted by Crippen LogP contribution is 2.39. The summed E-state index contributed by atoms with van der Waals surface area (Å²) in [4.78, 5) is 18.9. The van der Waals surface area contributed by atoms with Gasteiger partial charge in [-0.25, -0.2) is 4.98 Å². The highest BCUT2D eigenvalue weighted by molar-refractivity contribution is 5.85. The Balaban J connectivity index is 0.00000110. The molecule has 0 aliphatic heterocycles. The summed E-state index contributed by atoms with van der Waals surface area (Å²) >= 11 is 0. The number of aromatic nitrogens is 3. The lowest BCUT2D eigenvalue weighted by Gasteiger charge is -2.08. The van der Waals surface area contributed by atoms with Crippen molar-refractivity contribution >= 4 is 18.1 Å². The zero-order valence-corrected chi connectivity index (χ0v) is 10.6. The molecule has 0 saturated heterocycles. The van der Waals surface area contributed by atoms with Gasteiger partial charge in [0.05, 0.1) is 17.4 Å². The quantitative estimate of drug-likeness (QED) is 0.652. The number of nitrogens with one attached hydrogen (secondary N) is 1. The predicted octanol–water partition coefficient (Wildman–Crippen LogP) is 1.47. The van der Waals surface area contributed by atoms with Gasteiger partial charge in [0.15, 0.2) is 0 Å². The number of hydrogen-bond donors (Lipinski definition) is 2. The van der Waals surface area contributed by atoms with Crippen LogP contribution in [0.2, 0.25) is 0 Å². The fourth-order valence-electron chi connectivity index (χ4n) is 2.67. The smallest absolute Gasteiger partial charge is 0.292 e. The summed E-state index contributed by atoms with van der Waals surface area (Å²) in [5.74, 6) is 0. The lowest BCUT2D eigenvalue weighted by Crippen LogP contribution is -2.18. The van der Waals surface area contributed by atoms with E-state index in [4.69, 9.17) is 5.73 Å². The Morgan fingerprint density at radius 2 is 2.11 bits per heavy atom. The summed E-state index contributed by atoms with van der Waals surface area (Å²) < 4.78 is 1.78. The van der Waals surface area contributed by atoms with Crippen molar-refractivity contribution in [3.05, 3.63) is 58.3 Å². The van der Waals surface area contributed by atoms with Crippen LogP contribution in [0.5, 0.6) is 0 Å². The standard InChI is InChI=1S/C13H10N4O.ClH/c14-9-7-3-1-2-4-8(7)10-11(9)17-6-5-15-12(17)13(18)16-10;/h1-6,9H,14H2,(H,16,18);1H. The molecule has 2 heterocycles. The molecule has 1 aromatic carbocycles. The van der Waals surface area contributed by atoms with E-state index in [-0.39, 0.29) is 24.0 Å². The molecule has 0 spiro atoms. The minimum absolute atomic E-state index is 0. The van der Waals surface area contributed by atoms with Gasteiger partial charge in [-0.15, -0.1) is 12.4 Å². The molecule has 4 rings (SSSR count). The Hall–Kier alpha value is -2.11. The third-order valence-corrected chi connectivity index (χ3v) is 3.46. The van der Waals surface area contributed by atoms with Crippen LogP contribution >= 0.6 is 12.4 Å². The Bertz CT molecular complexity index is 836. The molecule has 0 saturated carbocycles. The van der Waals surface area contributed by atoms with Gasteiger partial charge < -0.3 is 10.7 Å². The van der Waals surface area contributed by atoms with Gasteiger partial charge in [0, 0.05) is 18.0 Å². The fourth-order valence-corrected chi connectivity index (χ4v) is 2.67. The second-order valence-electron chi connectivity index (χ2n) is 4.40. The van der Waals surface area contributed by atoms with E-state index < -0.39 is 0 Å². The number of imidazole rings is 1. The van der Waals surface area contributed by atoms with Crippen molar-refractivity contribution in [3.63, 3.8) is 0 Å². The van der Waals surface area contributed by atoms with Gasteiger partial charge in [-0.05, 0) is 5.56 Å². The highest BCUT2D eigenvalue weighted by Gasteiger charge is 2.29. The van der Waals surface area contributed by atoms with Crippen LogP contribution in [0.25, 0.3) is 16.9 Å². The van der Waals surface area contributed by atoms with Gasteiger partial charge in [-0.1, -0.05) is 24.3 Å². The van der Waals surface area contributed by atoms with Crippen molar-refractivity contribution < 1.29 is 0 Å². The third kappa shape index (κ3) is 1.39. The van der Waals surface area contributed by atoms with E-state index in [1.54, 1.807) is 16.8 Å². The molecule has 19 heavy (non-hydrogen) atoms. The van der Waals surface area contributed by atoms with Crippen LogP contribution in [-0.4, -0.2) is 14.4 Å². The number of hydrogen-bond acceptors (Lipinski definition) is 3. The second kappa shape index (κ2) is 3.94. The number of aromatic amines is 1. The lowest BCUT2D eigenvalue weighted by molar-refractivity contribution is 0.826. The number of fused-ring (bicyclic) bond motifs is 5. The zero-order chi connectivity index (χ0) is 12.3. The SMILES string of the molecule is Cl.NC1c2ccccc2-c2[nH]c(=O)c3nccn3c21. The van der Waals surface area contributed by atoms with E-state index in [1.807, 2.05) is 24.3 Å². The van der Waals surface area contributed by atoms with Gasteiger partial charge >= 0.3 is 0 Å². The molecule has 0 radical (unpaired) electrons. The Morgan fingerprint density at radius 3 is 2.95 bits per heavy atom. The van der Waals surface area contributed by atoms with Crippen molar-refractivity contribution in [1.82, 2.24) is 14.4 Å². The summed E-state index contributed by atoms with van der Waals surface area (Å²) in [7, 11) is 0. The van der Waals surface area contributed by atoms with Crippen LogP contribution in [0.4, 0.5) is 0 Å². The number of nitrogens with two attached hydrogens (primary N) is 1. The minimum Gasteiger partial charge on any atom is -0.319 e. The van der Waals surface area contributed by atoms with Gasteiger partial charge in [0.1, 0.15) is 0 Å². The van der Waals surface area contributed by atoms with Crippen LogP contribution in [0, 0.1) is 0 Å². The number of nitrogens with zero attached hydrogens (tertiary/aromatic N) is 2. The van der Waals surface area contributed by atoms with Crippen molar-refractivity contribution in [1.29, 1.82) is 0 Å². The van der Waals surface area contributed by atoms with Crippen LogP contribution in [0.1, 0.15) is 17.3 Å². The van der Waals surface area contributed by atoms with E-state index in [9.17, 15) is 4.79 Å². The summed E-state index contributed by atoms with van der Waals surface area (Å²) in [5, 5.41) is 0. The monoisotopic (exact) mass is 274 g/mol. The van der Waals surface area contributed by atoms with E-state index in [0.29, 0.717) is 5.65 Å². The van der Waals surface area contributed by atoms with Crippen LogP contribution in [-0.2, 0) is 0 Å². The third-order valence-electron chi connectivity index (χ3n) is 3.46. The second-order valence-corrected chi connectivity index (χ2v) is 4.40. The maximum absolute atomic E-state index is 11.9. The van der Waals surface area contributed by atoms with Crippen LogP contribution in [0.3, 0.4) is 0 Å². The largest absolute Gasteiger partial charge is 0.319 e. The molecule has 1 unspecified atom stereocenters. The molecule has 3 aromatic rings. The Labute approximate surface area is 114 Å². The fraction of sp³-hybridized carbons (Fsp3) is 0.0769. The molecule has 1 aliphatic carbocycles. The number of H-pyrrole nitrogens is 1. The molecule has 0 amide bonds. The molecule has 5 nitrogen and oxygen atoms in total. The summed E-state index contributed by atoms with van der Waals surface area (Å²) in [6, 6.07) is 7.62. The maximum atomic E-state index is 11.9. The van der Waals surface area contributed by atoms with E-state index in [0.717, 1.165) is 22.5 Å². The molecule has 6 heteroatoms. The summed E-state index contributed by atoms with van der Waals surface area (Å²) in [5.41, 5.74) is 10.2. The lowest BCUT2D eigenvalue weighted by atomic mass is 10.1. The first-order valence-corrected chi connectivity index (χ1v) is 5.71. The van der Waals surface area contributed by atoms with Gasteiger partial charge in [0.25, 0.3) is 5.56 Å². The molecular weight excluding hydrogens is 264 g/mol. The van der Waals surface area contributed by atoms with Crippen molar-refractivity contribution in [2.24, 2.45) is 5.73 Å². The first-order valence-electron chi connectivity index (χ1n) is 5.71. The van der Waals surface area contributed by atoms with Crippen molar-refractivity contribution in [2.75, 3.05) is 0 Å². The van der Waals surface area contributed by atoms with Gasteiger partial charge in [-0.3, -0.25) is 9.20 Å². The molecule has 0 fully saturated rings. The van der Waals surface area contributed by atoms with Crippen molar-refractivity contribution in [2.45, 2.75) is 6.04 Å². The molecule has 3 N–H and O–H groups in total.